The molecule has 1 aliphatic carbocycles. The summed E-state index contributed by atoms with van der Waals surface area (Å²) in [5.74, 6) is 3.03. The number of ether oxygens (including phenoxy) is 1. The minimum atomic E-state index is 0.226. The van der Waals surface area contributed by atoms with E-state index in [4.69, 9.17) is 9.26 Å². The van der Waals surface area contributed by atoms with Crippen LogP contribution in [0.2, 0.25) is 0 Å². The first-order valence-corrected chi connectivity index (χ1v) is 8.25. The summed E-state index contributed by atoms with van der Waals surface area (Å²) < 4.78 is 10.6. The van der Waals surface area contributed by atoms with Crippen LogP contribution in [0.15, 0.2) is 4.52 Å². The molecule has 0 aliphatic heterocycles. The average Bonchev–Trinajstić information content (AvgIpc) is 2.96. The van der Waals surface area contributed by atoms with E-state index in [0.717, 1.165) is 24.1 Å². The van der Waals surface area contributed by atoms with Gasteiger partial charge in [0, 0.05) is 25.5 Å². The van der Waals surface area contributed by atoms with Crippen LogP contribution in [0.4, 0.5) is 0 Å². The molecule has 1 fully saturated rings. The minimum Gasteiger partial charge on any atom is -0.383 e. The van der Waals surface area contributed by atoms with E-state index in [1.165, 1.54) is 38.5 Å². The van der Waals surface area contributed by atoms with Crippen molar-refractivity contribution >= 4 is 0 Å². The summed E-state index contributed by atoms with van der Waals surface area (Å²) in [5.41, 5.74) is 0. The van der Waals surface area contributed by atoms with Crippen molar-refractivity contribution in [2.75, 3.05) is 20.8 Å². The van der Waals surface area contributed by atoms with E-state index >= 15 is 0 Å². The highest BCUT2D eigenvalue weighted by atomic mass is 16.5. The molecule has 1 aliphatic rings. The van der Waals surface area contributed by atoms with E-state index in [1.807, 2.05) is 7.05 Å². The van der Waals surface area contributed by atoms with Crippen molar-refractivity contribution in [3.63, 3.8) is 0 Å². The van der Waals surface area contributed by atoms with Crippen LogP contribution >= 0.6 is 0 Å². The molecule has 1 aromatic rings. The molecule has 21 heavy (non-hydrogen) atoms. The largest absolute Gasteiger partial charge is 0.383 e. The van der Waals surface area contributed by atoms with Crippen molar-refractivity contribution in [2.24, 2.45) is 5.92 Å². The first-order chi connectivity index (χ1) is 10.3. The summed E-state index contributed by atoms with van der Waals surface area (Å²) in [4.78, 5) is 4.60. The fourth-order valence-corrected chi connectivity index (χ4v) is 3.29. The number of aromatic nitrogens is 2. The molecule has 1 aromatic heterocycles. The van der Waals surface area contributed by atoms with E-state index in [9.17, 15) is 0 Å². The molecule has 0 spiro atoms. The number of likely N-dealkylation sites (N-methyl/N-ethyl adjacent to an activating group) is 1. The van der Waals surface area contributed by atoms with E-state index < -0.39 is 0 Å². The third-order valence-corrected chi connectivity index (χ3v) is 4.59. The van der Waals surface area contributed by atoms with Crippen molar-refractivity contribution < 1.29 is 9.26 Å². The topological polar surface area (TPSA) is 60.2 Å². The summed E-state index contributed by atoms with van der Waals surface area (Å²) in [7, 11) is 3.63. The zero-order valence-corrected chi connectivity index (χ0v) is 13.6. The maximum Gasteiger partial charge on any atom is 0.228 e. The second-order valence-corrected chi connectivity index (χ2v) is 6.20. The standard InChI is InChI=1S/C16H29N3O2/c1-4-5-12-6-8-13(9-7-12)16-18-15(21-19-16)10-14(17-2)11-20-3/h12-14,17H,4-11H2,1-3H3. The molecule has 1 N–H and O–H groups in total. The molecule has 120 valence electrons. The van der Waals surface area contributed by atoms with Crippen molar-refractivity contribution in [1.29, 1.82) is 0 Å². The van der Waals surface area contributed by atoms with Gasteiger partial charge in [-0.3, -0.25) is 0 Å². The van der Waals surface area contributed by atoms with Crippen LogP contribution in [-0.4, -0.2) is 36.9 Å². The number of hydrogen-bond donors (Lipinski definition) is 1. The monoisotopic (exact) mass is 295 g/mol. The Labute approximate surface area is 127 Å². The predicted molar refractivity (Wildman–Crippen MR) is 82.3 cm³/mol. The summed E-state index contributed by atoms with van der Waals surface area (Å²) >= 11 is 0. The number of rotatable bonds is 8. The van der Waals surface area contributed by atoms with Crippen molar-refractivity contribution in [3.8, 4) is 0 Å². The first kappa shape index (κ1) is 16.4. The number of methoxy groups -OCH3 is 1. The average molecular weight is 295 g/mol. The normalized spacial score (nSPS) is 24.1. The van der Waals surface area contributed by atoms with Gasteiger partial charge in [-0.15, -0.1) is 0 Å². The Morgan fingerprint density at radius 2 is 2.10 bits per heavy atom. The van der Waals surface area contributed by atoms with Crippen LogP contribution < -0.4 is 5.32 Å². The molecule has 0 bridgehead atoms. The van der Waals surface area contributed by atoms with E-state index in [2.05, 4.69) is 22.4 Å². The SMILES string of the molecule is CCCC1CCC(c2noc(CC(COC)NC)n2)CC1. The van der Waals surface area contributed by atoms with Gasteiger partial charge in [-0.2, -0.15) is 4.98 Å². The van der Waals surface area contributed by atoms with Gasteiger partial charge in [0.25, 0.3) is 0 Å². The van der Waals surface area contributed by atoms with Gasteiger partial charge in [0.05, 0.1) is 6.61 Å². The molecule has 0 amide bonds. The molecule has 5 heteroatoms. The summed E-state index contributed by atoms with van der Waals surface area (Å²) in [6.07, 6.45) is 8.42. The van der Waals surface area contributed by atoms with Crippen LogP contribution in [0, 0.1) is 5.92 Å². The summed E-state index contributed by atoms with van der Waals surface area (Å²) in [5, 5.41) is 7.41. The van der Waals surface area contributed by atoms with Gasteiger partial charge < -0.3 is 14.6 Å². The smallest absolute Gasteiger partial charge is 0.228 e. The fourth-order valence-electron chi connectivity index (χ4n) is 3.29. The van der Waals surface area contributed by atoms with Crippen LogP contribution in [0.1, 0.15) is 63.1 Å². The first-order valence-electron chi connectivity index (χ1n) is 8.25. The Balaban J connectivity index is 1.85. The quantitative estimate of drug-likeness (QED) is 0.799. The van der Waals surface area contributed by atoms with Gasteiger partial charge in [0.15, 0.2) is 5.82 Å². The third-order valence-electron chi connectivity index (χ3n) is 4.59. The zero-order chi connectivity index (χ0) is 15.1. The lowest BCUT2D eigenvalue weighted by molar-refractivity contribution is 0.165. The lowest BCUT2D eigenvalue weighted by Crippen LogP contribution is -2.32. The molecule has 5 nitrogen and oxygen atoms in total. The molecule has 0 aromatic carbocycles. The Morgan fingerprint density at radius 3 is 2.71 bits per heavy atom. The highest BCUT2D eigenvalue weighted by molar-refractivity contribution is 4.98. The maximum absolute atomic E-state index is 5.41. The minimum absolute atomic E-state index is 0.226. The van der Waals surface area contributed by atoms with Crippen LogP contribution in [0.3, 0.4) is 0 Å². The fraction of sp³-hybridized carbons (Fsp3) is 0.875. The molecule has 1 atom stereocenters. The highest BCUT2D eigenvalue weighted by Crippen LogP contribution is 2.36. The van der Waals surface area contributed by atoms with Crippen LogP contribution in [0.5, 0.6) is 0 Å². The van der Waals surface area contributed by atoms with Gasteiger partial charge in [0.2, 0.25) is 5.89 Å². The Kier molecular flexibility index (Phi) is 6.64. The van der Waals surface area contributed by atoms with E-state index in [1.54, 1.807) is 7.11 Å². The predicted octanol–water partition coefficient (Wildman–Crippen LogP) is 2.92. The molecule has 1 saturated carbocycles. The molecule has 0 radical (unpaired) electrons. The number of hydrogen-bond acceptors (Lipinski definition) is 5. The molecular formula is C16H29N3O2. The Bertz CT molecular complexity index is 400. The van der Waals surface area contributed by atoms with Crippen molar-refractivity contribution in [2.45, 2.75) is 63.8 Å². The van der Waals surface area contributed by atoms with Gasteiger partial charge in [0.1, 0.15) is 0 Å². The third kappa shape index (κ3) is 4.78. The van der Waals surface area contributed by atoms with Gasteiger partial charge in [-0.05, 0) is 38.6 Å². The van der Waals surface area contributed by atoms with Gasteiger partial charge in [-0.25, -0.2) is 0 Å². The zero-order valence-electron chi connectivity index (χ0n) is 13.6. The second-order valence-electron chi connectivity index (χ2n) is 6.20. The van der Waals surface area contributed by atoms with E-state index in [0.29, 0.717) is 12.5 Å². The summed E-state index contributed by atoms with van der Waals surface area (Å²) in [6.45, 7) is 2.92. The van der Waals surface area contributed by atoms with E-state index in [-0.39, 0.29) is 6.04 Å². The lowest BCUT2D eigenvalue weighted by Gasteiger charge is -2.26. The number of nitrogens with zero attached hydrogens (tertiary/aromatic N) is 2. The van der Waals surface area contributed by atoms with Gasteiger partial charge >= 0.3 is 0 Å². The number of nitrogens with one attached hydrogen (secondary N) is 1. The maximum atomic E-state index is 5.41. The molecule has 0 saturated heterocycles. The second kappa shape index (κ2) is 8.49. The Morgan fingerprint density at radius 1 is 1.33 bits per heavy atom. The van der Waals surface area contributed by atoms with Crippen LogP contribution in [0.25, 0.3) is 0 Å². The summed E-state index contributed by atoms with van der Waals surface area (Å²) in [6, 6.07) is 0.226. The van der Waals surface area contributed by atoms with Crippen molar-refractivity contribution in [1.82, 2.24) is 15.5 Å². The van der Waals surface area contributed by atoms with Gasteiger partial charge in [-0.1, -0.05) is 24.9 Å². The van der Waals surface area contributed by atoms with Crippen molar-refractivity contribution in [3.05, 3.63) is 11.7 Å². The molecule has 1 unspecified atom stereocenters. The lowest BCUT2D eigenvalue weighted by atomic mass is 9.80. The molecule has 2 rings (SSSR count). The molecule has 1 heterocycles. The highest BCUT2D eigenvalue weighted by Gasteiger charge is 2.25. The Hall–Kier alpha value is -0.940. The molecular weight excluding hydrogens is 266 g/mol. The van der Waals surface area contributed by atoms with Crippen LogP contribution in [-0.2, 0) is 11.2 Å².